The van der Waals surface area contributed by atoms with Crippen molar-refractivity contribution < 1.29 is 14.3 Å². The Morgan fingerprint density at radius 3 is 2.36 bits per heavy atom. The third-order valence-electron chi connectivity index (χ3n) is 1.01. The van der Waals surface area contributed by atoms with Crippen molar-refractivity contribution in [3.63, 3.8) is 0 Å². The van der Waals surface area contributed by atoms with Gasteiger partial charge < -0.3 is 10.1 Å². The molecule has 0 heterocycles. The molecule has 0 rings (SSSR count). The van der Waals surface area contributed by atoms with Gasteiger partial charge in [0, 0.05) is 13.8 Å². The number of esters is 1. The van der Waals surface area contributed by atoms with Crippen LogP contribution in [0, 0.1) is 0 Å². The van der Waals surface area contributed by atoms with Gasteiger partial charge in [-0.2, -0.15) is 0 Å². The first-order valence-corrected chi connectivity index (χ1v) is 3.44. The van der Waals surface area contributed by atoms with Gasteiger partial charge in [-0.15, -0.1) is 0 Å². The van der Waals surface area contributed by atoms with Crippen LogP contribution < -0.4 is 5.32 Å². The zero-order valence-corrected chi connectivity index (χ0v) is 7.01. The van der Waals surface area contributed by atoms with Gasteiger partial charge in [0.15, 0.2) is 0 Å². The average molecular weight is 159 g/mol. The number of carbonyl (C=O) groups excluding carboxylic acids is 2. The highest BCUT2D eigenvalue weighted by atomic mass is 16.5. The largest absolute Gasteiger partial charge is 0.461 e. The van der Waals surface area contributed by atoms with Crippen LogP contribution in [0.3, 0.4) is 0 Å². The molecule has 64 valence electrons. The molecule has 1 amide bonds. The summed E-state index contributed by atoms with van der Waals surface area (Å²) in [6.45, 7) is 4.84. The third-order valence-corrected chi connectivity index (χ3v) is 1.01. The summed E-state index contributed by atoms with van der Waals surface area (Å²) in [5, 5.41) is 2.53. The van der Waals surface area contributed by atoms with Crippen LogP contribution in [0.1, 0.15) is 20.8 Å². The fourth-order valence-corrected chi connectivity index (χ4v) is 0.612. The molecule has 0 aromatic heterocycles. The van der Waals surface area contributed by atoms with Gasteiger partial charge in [-0.1, -0.05) is 0 Å². The first-order chi connectivity index (χ1) is 5.02. The molecule has 0 spiro atoms. The van der Waals surface area contributed by atoms with E-state index >= 15 is 0 Å². The van der Waals surface area contributed by atoms with Crippen LogP contribution in [0.4, 0.5) is 0 Å². The fraction of sp³-hybridized carbons (Fsp3) is 0.714. The molecule has 0 aromatic rings. The van der Waals surface area contributed by atoms with Crippen molar-refractivity contribution in [1.29, 1.82) is 0 Å². The molecule has 0 aliphatic rings. The molecule has 0 saturated carbocycles. The van der Waals surface area contributed by atoms with E-state index in [-0.39, 0.29) is 18.0 Å². The highest BCUT2D eigenvalue weighted by Gasteiger charge is 2.04. The van der Waals surface area contributed by atoms with E-state index in [1.165, 1.54) is 13.8 Å². The van der Waals surface area contributed by atoms with Crippen molar-refractivity contribution in [1.82, 2.24) is 5.32 Å². The molecule has 0 unspecified atom stereocenters. The van der Waals surface area contributed by atoms with E-state index < -0.39 is 0 Å². The quantitative estimate of drug-likeness (QED) is 0.593. The summed E-state index contributed by atoms with van der Waals surface area (Å²) in [6.07, 6.45) is -0.253. The summed E-state index contributed by atoms with van der Waals surface area (Å²) in [7, 11) is 0. The molecule has 0 aliphatic heterocycles. The summed E-state index contributed by atoms with van der Waals surface area (Å²) < 4.78 is 4.75. The topological polar surface area (TPSA) is 55.4 Å². The summed E-state index contributed by atoms with van der Waals surface area (Å²) in [5.74, 6) is -0.452. The van der Waals surface area contributed by atoms with Crippen LogP contribution in [-0.2, 0) is 14.3 Å². The molecule has 0 aromatic carbocycles. The van der Waals surface area contributed by atoms with Gasteiger partial charge in [0.25, 0.3) is 0 Å². The maximum Gasteiger partial charge on any atom is 0.302 e. The zero-order chi connectivity index (χ0) is 8.85. The lowest BCUT2D eigenvalue weighted by molar-refractivity contribution is -0.145. The maximum absolute atomic E-state index is 10.4. The molecular formula is C7H13NO3. The molecule has 1 atom stereocenters. The SMILES string of the molecule is CC(=O)NC[C@H](C)OC(C)=O. The van der Waals surface area contributed by atoms with Crippen LogP contribution in [0.5, 0.6) is 0 Å². The Balaban J connectivity index is 3.44. The number of nitrogens with one attached hydrogen (secondary N) is 1. The lowest BCUT2D eigenvalue weighted by atomic mass is 10.4. The predicted molar refractivity (Wildman–Crippen MR) is 39.9 cm³/mol. The zero-order valence-electron chi connectivity index (χ0n) is 7.01. The highest BCUT2D eigenvalue weighted by Crippen LogP contribution is 1.88. The maximum atomic E-state index is 10.4. The minimum Gasteiger partial charge on any atom is -0.461 e. The lowest BCUT2D eigenvalue weighted by Gasteiger charge is -2.11. The van der Waals surface area contributed by atoms with Crippen molar-refractivity contribution in [3.05, 3.63) is 0 Å². The van der Waals surface area contributed by atoms with E-state index in [1.807, 2.05) is 0 Å². The van der Waals surface area contributed by atoms with E-state index in [9.17, 15) is 9.59 Å². The van der Waals surface area contributed by atoms with Crippen LogP contribution in [-0.4, -0.2) is 24.5 Å². The lowest BCUT2D eigenvalue weighted by Crippen LogP contribution is -2.31. The van der Waals surface area contributed by atoms with E-state index in [1.54, 1.807) is 6.92 Å². The Morgan fingerprint density at radius 2 is 2.00 bits per heavy atom. The third kappa shape index (κ3) is 6.83. The Labute approximate surface area is 65.9 Å². The monoisotopic (exact) mass is 159 g/mol. The normalized spacial score (nSPS) is 11.9. The number of hydrogen-bond acceptors (Lipinski definition) is 3. The van der Waals surface area contributed by atoms with Crippen molar-refractivity contribution in [3.8, 4) is 0 Å². The number of ether oxygens (including phenoxy) is 1. The average Bonchev–Trinajstić information content (AvgIpc) is 1.82. The van der Waals surface area contributed by atoms with Gasteiger partial charge in [0.05, 0.1) is 6.54 Å². The van der Waals surface area contributed by atoms with Gasteiger partial charge in [0.1, 0.15) is 6.10 Å². The van der Waals surface area contributed by atoms with E-state index in [4.69, 9.17) is 4.74 Å². The van der Waals surface area contributed by atoms with Gasteiger partial charge in [-0.25, -0.2) is 0 Å². The molecule has 1 N–H and O–H groups in total. The second kappa shape index (κ2) is 4.71. The highest BCUT2D eigenvalue weighted by molar-refractivity contribution is 5.72. The Hall–Kier alpha value is -1.06. The smallest absolute Gasteiger partial charge is 0.302 e. The molecule has 0 saturated heterocycles. The minimum absolute atomic E-state index is 0.121. The molecule has 4 heteroatoms. The van der Waals surface area contributed by atoms with Gasteiger partial charge in [-0.05, 0) is 6.92 Å². The van der Waals surface area contributed by atoms with Crippen molar-refractivity contribution in [2.24, 2.45) is 0 Å². The minimum atomic E-state index is -0.331. The molecule has 0 aliphatic carbocycles. The number of rotatable bonds is 3. The Morgan fingerprint density at radius 1 is 1.45 bits per heavy atom. The van der Waals surface area contributed by atoms with Crippen molar-refractivity contribution in [2.45, 2.75) is 26.9 Å². The first-order valence-electron chi connectivity index (χ1n) is 3.44. The summed E-state index contributed by atoms with van der Waals surface area (Å²) in [4.78, 5) is 20.7. The summed E-state index contributed by atoms with van der Waals surface area (Å²) in [5.41, 5.74) is 0. The van der Waals surface area contributed by atoms with Gasteiger partial charge in [-0.3, -0.25) is 9.59 Å². The van der Waals surface area contributed by atoms with Crippen molar-refractivity contribution in [2.75, 3.05) is 6.54 Å². The van der Waals surface area contributed by atoms with Crippen LogP contribution in [0.25, 0.3) is 0 Å². The number of amides is 1. The van der Waals surface area contributed by atoms with Crippen LogP contribution >= 0.6 is 0 Å². The van der Waals surface area contributed by atoms with Gasteiger partial charge >= 0.3 is 5.97 Å². The van der Waals surface area contributed by atoms with Crippen molar-refractivity contribution >= 4 is 11.9 Å². The first kappa shape index (κ1) is 9.94. The molecular weight excluding hydrogens is 146 g/mol. The summed E-state index contributed by atoms with van der Waals surface area (Å²) in [6, 6.07) is 0. The fourth-order valence-electron chi connectivity index (χ4n) is 0.612. The molecule has 4 nitrogen and oxygen atoms in total. The molecule has 0 fully saturated rings. The van der Waals surface area contributed by atoms with E-state index in [0.717, 1.165) is 0 Å². The number of carbonyl (C=O) groups is 2. The Kier molecular flexibility index (Phi) is 4.26. The van der Waals surface area contributed by atoms with Crippen LogP contribution in [0.2, 0.25) is 0 Å². The van der Waals surface area contributed by atoms with Gasteiger partial charge in [0.2, 0.25) is 5.91 Å². The molecule has 0 radical (unpaired) electrons. The molecule has 11 heavy (non-hydrogen) atoms. The predicted octanol–water partition coefficient (Wildman–Crippen LogP) is 0.0741. The summed E-state index contributed by atoms with van der Waals surface area (Å²) >= 11 is 0. The number of hydrogen-bond donors (Lipinski definition) is 1. The van der Waals surface area contributed by atoms with E-state index in [2.05, 4.69) is 5.32 Å². The molecule has 0 bridgehead atoms. The Bertz CT molecular complexity index is 156. The second-order valence-corrected chi connectivity index (χ2v) is 2.36. The second-order valence-electron chi connectivity index (χ2n) is 2.36. The van der Waals surface area contributed by atoms with Crippen LogP contribution in [0.15, 0.2) is 0 Å². The standard InChI is InChI=1S/C7H13NO3/c1-5(11-7(3)10)4-8-6(2)9/h5H,4H2,1-3H3,(H,8,9)/t5-/m0/s1. The van der Waals surface area contributed by atoms with E-state index in [0.29, 0.717) is 6.54 Å².